The highest BCUT2D eigenvalue weighted by molar-refractivity contribution is 6.30. The number of halogens is 6. The van der Waals surface area contributed by atoms with Crippen molar-refractivity contribution in [3.8, 4) is 0 Å². The molecule has 0 saturated heterocycles. The molecule has 0 spiro atoms. The Hall–Kier alpha value is -3.04. The van der Waals surface area contributed by atoms with Gasteiger partial charge < -0.3 is 10.4 Å². The molecule has 4 aliphatic rings. The second-order valence-electron chi connectivity index (χ2n) is 12.9. The Balaban J connectivity index is 1.37. The van der Waals surface area contributed by atoms with Crippen molar-refractivity contribution < 1.29 is 36.6 Å². The van der Waals surface area contributed by atoms with Gasteiger partial charge in [0.05, 0.1) is 0 Å². The SMILES string of the molecule is C[C@]12C[C@H](c3ccc(C(=O)NCc4cccc(Cl)c4)cc3)C3=C4CCC(=O)C=C4CCC3C1CC[C@]2(O)C(F)(F)C(F)(F)F. The Morgan fingerprint density at radius 1 is 1.05 bits per heavy atom. The van der Waals surface area contributed by atoms with Gasteiger partial charge in [-0.05, 0) is 103 Å². The molecule has 1 amide bonds. The van der Waals surface area contributed by atoms with Crippen LogP contribution in [0.15, 0.2) is 71.3 Å². The van der Waals surface area contributed by atoms with Crippen LogP contribution in [0.1, 0.15) is 79.3 Å². The molecule has 0 aliphatic heterocycles. The van der Waals surface area contributed by atoms with Crippen LogP contribution in [-0.4, -0.2) is 34.5 Å². The van der Waals surface area contributed by atoms with Gasteiger partial charge in [0, 0.05) is 34.9 Å². The van der Waals surface area contributed by atoms with Gasteiger partial charge in [0.15, 0.2) is 5.78 Å². The van der Waals surface area contributed by atoms with Crippen LogP contribution in [0.5, 0.6) is 0 Å². The van der Waals surface area contributed by atoms with Crippen LogP contribution in [0.2, 0.25) is 5.02 Å². The van der Waals surface area contributed by atoms with E-state index in [1.165, 1.54) is 6.92 Å². The molecule has 44 heavy (non-hydrogen) atoms. The minimum Gasteiger partial charge on any atom is -0.383 e. The fourth-order valence-electron chi connectivity index (χ4n) is 8.51. The summed E-state index contributed by atoms with van der Waals surface area (Å²) in [5, 5.41) is 14.8. The van der Waals surface area contributed by atoms with E-state index in [2.05, 4.69) is 5.32 Å². The van der Waals surface area contributed by atoms with Crippen LogP contribution >= 0.6 is 11.6 Å². The Bertz CT molecular complexity index is 1570. The number of benzene rings is 2. The van der Waals surface area contributed by atoms with Crippen molar-refractivity contribution >= 4 is 23.3 Å². The van der Waals surface area contributed by atoms with E-state index in [4.69, 9.17) is 11.6 Å². The number of rotatable bonds is 5. The zero-order valence-electron chi connectivity index (χ0n) is 24.1. The highest BCUT2D eigenvalue weighted by Crippen LogP contribution is 2.70. The quantitative estimate of drug-likeness (QED) is 0.327. The van der Waals surface area contributed by atoms with Crippen LogP contribution in [0.4, 0.5) is 22.0 Å². The standard InChI is InChI=1S/C34H33ClF5NO3/c1-31-17-27(20-5-7-21(8-6-20)30(43)41-18-19-3-2-4-23(35)15-19)29-25-12-10-24(42)16-22(25)9-11-26(29)28(31)13-14-32(31,44)33(36,37)34(38,39)40/h2-8,15-16,26-28,44H,9-14,17-18H2,1H3,(H,41,43)/t26?,27-,28?,31+,32-/m1/s1. The van der Waals surface area contributed by atoms with Crippen molar-refractivity contribution in [1.82, 2.24) is 5.32 Å². The summed E-state index contributed by atoms with van der Waals surface area (Å²) < 4.78 is 71.7. The minimum atomic E-state index is -5.90. The highest BCUT2D eigenvalue weighted by atomic mass is 35.5. The number of aliphatic hydroxyl groups is 1. The lowest BCUT2D eigenvalue weighted by Crippen LogP contribution is -2.65. The van der Waals surface area contributed by atoms with Gasteiger partial charge in [0.25, 0.3) is 5.91 Å². The summed E-state index contributed by atoms with van der Waals surface area (Å²) in [5.74, 6) is -7.05. The molecule has 0 aromatic heterocycles. The van der Waals surface area contributed by atoms with Crippen LogP contribution in [0.25, 0.3) is 0 Å². The normalized spacial score (nSPS) is 30.3. The Kier molecular flexibility index (Phi) is 7.60. The first-order valence-corrected chi connectivity index (χ1v) is 15.3. The zero-order valence-corrected chi connectivity index (χ0v) is 24.9. The maximum atomic E-state index is 15.2. The number of carbonyl (C=O) groups excluding carboxylic acids is 2. The number of carbonyl (C=O) groups is 2. The van der Waals surface area contributed by atoms with E-state index in [0.29, 0.717) is 41.8 Å². The predicted octanol–water partition coefficient (Wildman–Crippen LogP) is 8.10. The molecule has 2 N–H and O–H groups in total. The average Bonchev–Trinajstić information content (AvgIpc) is 3.26. The maximum absolute atomic E-state index is 15.2. The topological polar surface area (TPSA) is 66.4 Å². The number of alkyl halides is 5. The molecule has 0 bridgehead atoms. The van der Waals surface area contributed by atoms with E-state index >= 15 is 8.78 Å². The van der Waals surface area contributed by atoms with Gasteiger partial charge >= 0.3 is 12.1 Å². The summed E-state index contributed by atoms with van der Waals surface area (Å²) in [6.07, 6.45) is -3.13. The highest BCUT2D eigenvalue weighted by Gasteiger charge is 2.79. The molecule has 0 radical (unpaired) electrons. The van der Waals surface area contributed by atoms with Gasteiger partial charge in [-0.25, -0.2) is 0 Å². The number of hydrogen-bond acceptors (Lipinski definition) is 3. The first kappa shape index (κ1) is 31.0. The van der Waals surface area contributed by atoms with Gasteiger partial charge in [-0.3, -0.25) is 9.59 Å². The summed E-state index contributed by atoms with van der Waals surface area (Å²) in [4.78, 5) is 25.2. The van der Waals surface area contributed by atoms with Crippen LogP contribution in [0, 0.1) is 17.3 Å². The summed E-state index contributed by atoms with van der Waals surface area (Å²) in [7, 11) is 0. The Labute approximate surface area is 257 Å². The lowest BCUT2D eigenvalue weighted by molar-refractivity contribution is -0.362. The lowest BCUT2D eigenvalue weighted by Gasteiger charge is -2.56. The van der Waals surface area contributed by atoms with Gasteiger partial charge in [-0.2, -0.15) is 22.0 Å². The fraction of sp³-hybridized carbons (Fsp3) is 0.471. The van der Waals surface area contributed by atoms with E-state index in [1.807, 2.05) is 6.07 Å². The number of hydrogen-bond donors (Lipinski definition) is 2. The summed E-state index contributed by atoms with van der Waals surface area (Å²) >= 11 is 6.03. The van der Waals surface area contributed by atoms with Crippen LogP contribution < -0.4 is 5.32 Å². The number of fused-ring (bicyclic) bond motifs is 4. The molecule has 2 saturated carbocycles. The summed E-state index contributed by atoms with van der Waals surface area (Å²) in [6, 6.07) is 13.7. The molecule has 0 heterocycles. The first-order valence-electron chi connectivity index (χ1n) is 14.9. The third kappa shape index (κ3) is 4.82. The second-order valence-corrected chi connectivity index (χ2v) is 13.3. The molecule has 2 unspecified atom stereocenters. The van der Waals surface area contributed by atoms with E-state index in [-0.39, 0.29) is 37.0 Å². The average molecular weight is 634 g/mol. The molecule has 234 valence electrons. The zero-order chi connectivity index (χ0) is 31.7. The van der Waals surface area contributed by atoms with Crippen molar-refractivity contribution in [3.05, 3.63) is 93.0 Å². The predicted molar refractivity (Wildman–Crippen MR) is 155 cm³/mol. The third-order valence-corrected chi connectivity index (χ3v) is 10.9. The van der Waals surface area contributed by atoms with Crippen molar-refractivity contribution in [2.75, 3.05) is 0 Å². The van der Waals surface area contributed by atoms with E-state index < -0.39 is 41.4 Å². The molecule has 10 heteroatoms. The number of ketones is 1. The lowest BCUT2D eigenvalue weighted by atomic mass is 9.50. The Morgan fingerprint density at radius 2 is 1.77 bits per heavy atom. The largest absolute Gasteiger partial charge is 0.456 e. The first-order chi connectivity index (χ1) is 20.7. The van der Waals surface area contributed by atoms with E-state index in [9.17, 15) is 27.9 Å². The van der Waals surface area contributed by atoms with Crippen molar-refractivity contribution in [2.24, 2.45) is 17.3 Å². The molecule has 2 aromatic rings. The summed E-state index contributed by atoms with van der Waals surface area (Å²) in [5.41, 5.74) is -0.264. The fourth-order valence-corrected chi connectivity index (χ4v) is 8.73. The molecule has 2 fully saturated rings. The van der Waals surface area contributed by atoms with Crippen LogP contribution in [0.3, 0.4) is 0 Å². The van der Waals surface area contributed by atoms with Gasteiger partial charge in [0.1, 0.15) is 5.60 Å². The van der Waals surface area contributed by atoms with E-state index in [0.717, 1.165) is 22.3 Å². The molecular formula is C34H33ClF5NO3. The van der Waals surface area contributed by atoms with E-state index in [1.54, 1.807) is 48.5 Å². The van der Waals surface area contributed by atoms with Crippen LogP contribution in [-0.2, 0) is 11.3 Å². The minimum absolute atomic E-state index is 0.0215. The van der Waals surface area contributed by atoms with Crippen molar-refractivity contribution in [2.45, 2.75) is 82.0 Å². The summed E-state index contributed by atoms with van der Waals surface area (Å²) in [6.45, 7) is 1.65. The third-order valence-electron chi connectivity index (χ3n) is 10.7. The molecule has 2 aromatic carbocycles. The maximum Gasteiger partial charge on any atom is 0.456 e. The molecular weight excluding hydrogens is 601 g/mol. The van der Waals surface area contributed by atoms with Crippen molar-refractivity contribution in [1.29, 1.82) is 0 Å². The molecule has 4 nitrogen and oxygen atoms in total. The number of nitrogens with one attached hydrogen (secondary N) is 1. The van der Waals surface area contributed by atoms with Gasteiger partial charge in [-0.15, -0.1) is 0 Å². The molecule has 5 atom stereocenters. The second kappa shape index (κ2) is 10.8. The number of amides is 1. The van der Waals surface area contributed by atoms with Crippen molar-refractivity contribution in [3.63, 3.8) is 0 Å². The molecule has 6 rings (SSSR count). The van der Waals surface area contributed by atoms with Gasteiger partial charge in [-0.1, -0.05) is 48.4 Å². The Morgan fingerprint density at radius 3 is 2.45 bits per heavy atom. The monoisotopic (exact) mass is 633 g/mol. The van der Waals surface area contributed by atoms with Gasteiger partial charge in [0.2, 0.25) is 0 Å². The molecule has 4 aliphatic carbocycles. The number of allylic oxidation sites excluding steroid dienone is 4. The smallest absolute Gasteiger partial charge is 0.383 e.